The second kappa shape index (κ2) is 11.1. The zero-order valence-electron chi connectivity index (χ0n) is 15.9. The number of hydrogen-bond donors (Lipinski definition) is 0. The Hall–Kier alpha value is -1.99. The summed E-state index contributed by atoms with van der Waals surface area (Å²) in [5.74, 6) is 1.71. The molecule has 7 heteroatoms. The van der Waals surface area contributed by atoms with Crippen molar-refractivity contribution in [2.24, 2.45) is 10.2 Å². The molecule has 1 aromatic heterocycles. The van der Waals surface area contributed by atoms with Crippen molar-refractivity contribution in [2.75, 3.05) is 18.5 Å². The van der Waals surface area contributed by atoms with Gasteiger partial charge in [0.15, 0.2) is 0 Å². The van der Waals surface area contributed by atoms with Crippen LogP contribution in [-0.2, 0) is 0 Å². The van der Waals surface area contributed by atoms with E-state index >= 15 is 0 Å². The van der Waals surface area contributed by atoms with Crippen LogP contribution in [0.25, 0.3) is 10.2 Å². The van der Waals surface area contributed by atoms with Crippen molar-refractivity contribution in [1.29, 1.82) is 0 Å². The SMILES string of the molecule is CCOc1ccc2nc(N=Nc3ccc(OCCCCCCBr)cc3)sc2c1. The Morgan fingerprint density at radius 1 is 0.929 bits per heavy atom. The summed E-state index contributed by atoms with van der Waals surface area (Å²) in [6, 6.07) is 13.5. The molecule has 0 aliphatic rings. The number of alkyl halides is 1. The van der Waals surface area contributed by atoms with Gasteiger partial charge >= 0.3 is 0 Å². The molecule has 0 radical (unpaired) electrons. The van der Waals surface area contributed by atoms with Crippen LogP contribution in [0.5, 0.6) is 11.5 Å². The van der Waals surface area contributed by atoms with Crippen LogP contribution in [0.3, 0.4) is 0 Å². The van der Waals surface area contributed by atoms with Crippen LogP contribution in [0.15, 0.2) is 52.7 Å². The molecule has 0 aliphatic carbocycles. The minimum atomic E-state index is 0.632. The van der Waals surface area contributed by atoms with Gasteiger partial charge in [-0.05, 0) is 62.2 Å². The van der Waals surface area contributed by atoms with Crippen LogP contribution in [0, 0.1) is 0 Å². The quantitative estimate of drug-likeness (QED) is 0.169. The number of azo groups is 1. The summed E-state index contributed by atoms with van der Waals surface area (Å²) in [5, 5.41) is 10.3. The smallest absolute Gasteiger partial charge is 0.231 e. The van der Waals surface area contributed by atoms with Crippen molar-refractivity contribution in [3.05, 3.63) is 42.5 Å². The molecule has 0 aliphatic heterocycles. The molecule has 5 nitrogen and oxygen atoms in total. The predicted molar refractivity (Wildman–Crippen MR) is 119 cm³/mol. The van der Waals surface area contributed by atoms with Gasteiger partial charge < -0.3 is 9.47 Å². The third kappa shape index (κ3) is 6.27. The number of aromatic nitrogens is 1. The zero-order valence-corrected chi connectivity index (χ0v) is 18.3. The highest BCUT2D eigenvalue weighted by Gasteiger charge is 2.05. The lowest BCUT2D eigenvalue weighted by Crippen LogP contribution is -1.96. The molecule has 28 heavy (non-hydrogen) atoms. The average molecular weight is 462 g/mol. The van der Waals surface area contributed by atoms with Crippen LogP contribution in [0.1, 0.15) is 32.6 Å². The first-order chi connectivity index (χ1) is 13.8. The second-order valence-electron chi connectivity index (χ2n) is 6.20. The summed E-state index contributed by atoms with van der Waals surface area (Å²) in [7, 11) is 0. The number of nitrogens with zero attached hydrogens (tertiary/aromatic N) is 3. The summed E-state index contributed by atoms with van der Waals surface area (Å²) in [6.45, 7) is 3.37. The number of halogens is 1. The fourth-order valence-electron chi connectivity index (χ4n) is 2.64. The number of ether oxygens (including phenoxy) is 2. The Bertz CT molecular complexity index is 896. The fourth-order valence-corrected chi connectivity index (χ4v) is 3.85. The average Bonchev–Trinajstić information content (AvgIpc) is 3.12. The van der Waals surface area contributed by atoms with E-state index in [1.165, 1.54) is 30.6 Å². The molecule has 0 bridgehead atoms. The predicted octanol–water partition coefficient (Wildman–Crippen LogP) is 7.44. The number of fused-ring (bicyclic) bond motifs is 1. The van der Waals surface area contributed by atoms with Gasteiger partial charge in [0, 0.05) is 5.33 Å². The normalized spacial score (nSPS) is 11.4. The molecule has 0 N–H and O–H groups in total. The van der Waals surface area contributed by atoms with Gasteiger partial charge in [-0.3, -0.25) is 0 Å². The largest absolute Gasteiger partial charge is 0.494 e. The molecule has 3 rings (SSSR count). The van der Waals surface area contributed by atoms with E-state index in [1.807, 2.05) is 49.4 Å². The van der Waals surface area contributed by atoms with Gasteiger partial charge in [-0.2, -0.15) is 0 Å². The highest BCUT2D eigenvalue weighted by molar-refractivity contribution is 9.09. The maximum Gasteiger partial charge on any atom is 0.231 e. The molecule has 0 amide bonds. The molecule has 148 valence electrons. The Kier molecular flexibility index (Phi) is 8.23. The molecule has 0 atom stereocenters. The fraction of sp³-hybridized carbons (Fsp3) is 0.381. The van der Waals surface area contributed by atoms with E-state index in [4.69, 9.17) is 9.47 Å². The van der Waals surface area contributed by atoms with E-state index in [-0.39, 0.29) is 0 Å². The molecular weight excluding hydrogens is 438 g/mol. The van der Waals surface area contributed by atoms with Crippen LogP contribution < -0.4 is 9.47 Å². The maximum atomic E-state index is 5.77. The van der Waals surface area contributed by atoms with E-state index in [0.717, 1.165) is 45.8 Å². The van der Waals surface area contributed by atoms with Crippen LogP contribution in [0.2, 0.25) is 0 Å². The van der Waals surface area contributed by atoms with Crippen molar-refractivity contribution in [3.8, 4) is 11.5 Å². The van der Waals surface area contributed by atoms with Gasteiger partial charge in [0.2, 0.25) is 5.13 Å². The van der Waals surface area contributed by atoms with Gasteiger partial charge in [-0.25, -0.2) is 4.98 Å². The number of hydrogen-bond acceptors (Lipinski definition) is 6. The van der Waals surface area contributed by atoms with Crippen molar-refractivity contribution < 1.29 is 9.47 Å². The molecule has 3 aromatic rings. The lowest BCUT2D eigenvalue weighted by molar-refractivity contribution is 0.305. The monoisotopic (exact) mass is 461 g/mol. The van der Waals surface area contributed by atoms with Crippen LogP contribution >= 0.6 is 27.3 Å². The Morgan fingerprint density at radius 2 is 1.71 bits per heavy atom. The van der Waals surface area contributed by atoms with Crippen molar-refractivity contribution in [3.63, 3.8) is 0 Å². The summed E-state index contributed by atoms with van der Waals surface area (Å²) in [5.41, 5.74) is 1.68. The third-order valence-electron chi connectivity index (χ3n) is 4.04. The minimum Gasteiger partial charge on any atom is -0.494 e. The first kappa shape index (κ1) is 20.7. The third-order valence-corrected chi connectivity index (χ3v) is 5.51. The molecular formula is C21H24BrN3O2S. The Labute approximate surface area is 177 Å². The molecule has 1 heterocycles. The Balaban J connectivity index is 1.53. The van der Waals surface area contributed by atoms with E-state index < -0.39 is 0 Å². The van der Waals surface area contributed by atoms with Crippen LogP contribution in [0.4, 0.5) is 10.8 Å². The standard InChI is InChI=1S/C21H24BrN3O2S/c1-2-26-18-11-12-19-20(15-18)28-21(23-19)25-24-16-7-9-17(10-8-16)27-14-6-4-3-5-13-22/h7-12,15H,2-6,13-14H2,1H3. The molecule has 0 saturated carbocycles. The summed E-state index contributed by atoms with van der Waals surface area (Å²) < 4.78 is 12.3. The topological polar surface area (TPSA) is 56.1 Å². The summed E-state index contributed by atoms with van der Waals surface area (Å²) in [6.07, 6.45) is 4.75. The second-order valence-corrected chi connectivity index (χ2v) is 8.01. The minimum absolute atomic E-state index is 0.632. The van der Waals surface area contributed by atoms with Gasteiger partial charge in [-0.1, -0.05) is 40.1 Å². The van der Waals surface area contributed by atoms with Gasteiger partial charge in [-0.15, -0.1) is 10.2 Å². The first-order valence-corrected chi connectivity index (χ1v) is 11.5. The number of rotatable bonds is 11. The number of thiazole rings is 1. The summed E-state index contributed by atoms with van der Waals surface area (Å²) in [4.78, 5) is 4.49. The highest BCUT2D eigenvalue weighted by atomic mass is 79.9. The Morgan fingerprint density at radius 3 is 2.50 bits per heavy atom. The van der Waals surface area contributed by atoms with Crippen LogP contribution in [-0.4, -0.2) is 23.5 Å². The van der Waals surface area contributed by atoms with Gasteiger partial charge in [0.25, 0.3) is 0 Å². The number of unbranched alkanes of at least 4 members (excludes halogenated alkanes) is 3. The van der Waals surface area contributed by atoms with E-state index in [2.05, 4.69) is 31.1 Å². The van der Waals surface area contributed by atoms with E-state index in [0.29, 0.717) is 11.7 Å². The lowest BCUT2D eigenvalue weighted by Gasteiger charge is -2.05. The molecule has 2 aromatic carbocycles. The van der Waals surface area contributed by atoms with Gasteiger partial charge in [0.1, 0.15) is 11.5 Å². The van der Waals surface area contributed by atoms with Crippen molar-refractivity contribution in [1.82, 2.24) is 4.98 Å². The maximum absolute atomic E-state index is 5.77. The van der Waals surface area contributed by atoms with Crippen molar-refractivity contribution >= 4 is 48.3 Å². The summed E-state index contributed by atoms with van der Waals surface area (Å²) >= 11 is 4.95. The molecule has 0 spiro atoms. The number of benzene rings is 2. The first-order valence-electron chi connectivity index (χ1n) is 9.52. The molecule has 0 fully saturated rings. The van der Waals surface area contributed by atoms with Crippen molar-refractivity contribution in [2.45, 2.75) is 32.6 Å². The molecule has 0 saturated heterocycles. The van der Waals surface area contributed by atoms with E-state index in [1.54, 1.807) is 0 Å². The zero-order chi connectivity index (χ0) is 19.6. The molecule has 0 unspecified atom stereocenters. The lowest BCUT2D eigenvalue weighted by atomic mass is 10.2. The highest BCUT2D eigenvalue weighted by Crippen LogP contribution is 2.32. The van der Waals surface area contributed by atoms with Gasteiger partial charge in [0.05, 0.1) is 29.1 Å². The van der Waals surface area contributed by atoms with E-state index in [9.17, 15) is 0 Å².